The van der Waals surface area contributed by atoms with Crippen molar-refractivity contribution >= 4 is 45.8 Å². The topological polar surface area (TPSA) is 41.1 Å². The average Bonchev–Trinajstić information content (AvgIpc) is 2.29. The quantitative estimate of drug-likeness (QED) is 0.786. The molecule has 0 bridgehead atoms. The molecule has 1 amide bonds. The highest BCUT2D eigenvalue weighted by atomic mass is 127. The highest BCUT2D eigenvalue weighted by molar-refractivity contribution is 14.1. The van der Waals surface area contributed by atoms with Gasteiger partial charge in [0.1, 0.15) is 0 Å². The molecule has 1 aromatic carbocycles. The van der Waals surface area contributed by atoms with Gasteiger partial charge in [-0.1, -0.05) is 25.4 Å². The van der Waals surface area contributed by atoms with Crippen LogP contribution in [-0.2, 0) is 4.79 Å². The van der Waals surface area contributed by atoms with Crippen molar-refractivity contribution < 1.29 is 4.79 Å². The Morgan fingerprint density at radius 3 is 2.82 bits per heavy atom. The van der Waals surface area contributed by atoms with E-state index in [4.69, 9.17) is 11.6 Å². The summed E-state index contributed by atoms with van der Waals surface area (Å²) in [6, 6.07) is 5.56. The lowest BCUT2D eigenvalue weighted by Gasteiger charge is -2.13. The van der Waals surface area contributed by atoms with Crippen LogP contribution in [0.5, 0.6) is 0 Å². The first kappa shape index (κ1) is 14.7. The monoisotopic (exact) mass is 366 g/mol. The largest absolute Gasteiger partial charge is 0.324 e. The maximum atomic E-state index is 11.8. The van der Waals surface area contributed by atoms with Gasteiger partial charge < -0.3 is 10.6 Å². The van der Waals surface area contributed by atoms with E-state index in [0.29, 0.717) is 17.3 Å². The van der Waals surface area contributed by atoms with Crippen molar-refractivity contribution in [2.75, 3.05) is 18.4 Å². The SMILES string of the molecule is CCNCC(C)C(=O)Nc1ccc(I)cc1Cl. The summed E-state index contributed by atoms with van der Waals surface area (Å²) in [5.74, 6) is -0.0978. The summed E-state index contributed by atoms with van der Waals surface area (Å²) in [7, 11) is 0. The van der Waals surface area contributed by atoms with E-state index >= 15 is 0 Å². The van der Waals surface area contributed by atoms with Crippen LogP contribution in [0.2, 0.25) is 5.02 Å². The van der Waals surface area contributed by atoms with E-state index in [0.717, 1.165) is 10.1 Å². The third kappa shape index (κ3) is 4.81. The molecule has 3 nitrogen and oxygen atoms in total. The Morgan fingerprint density at radius 1 is 1.53 bits per heavy atom. The lowest BCUT2D eigenvalue weighted by molar-refractivity contribution is -0.119. The minimum atomic E-state index is -0.0784. The molecule has 0 radical (unpaired) electrons. The normalized spacial score (nSPS) is 12.2. The van der Waals surface area contributed by atoms with Gasteiger partial charge in [0.15, 0.2) is 0 Å². The van der Waals surface area contributed by atoms with E-state index in [1.165, 1.54) is 0 Å². The van der Waals surface area contributed by atoms with Gasteiger partial charge in [0.25, 0.3) is 0 Å². The molecule has 0 saturated carbocycles. The van der Waals surface area contributed by atoms with Gasteiger partial charge in [-0.15, -0.1) is 0 Å². The zero-order valence-electron chi connectivity index (χ0n) is 9.89. The second kappa shape index (κ2) is 7.18. The van der Waals surface area contributed by atoms with Crippen molar-refractivity contribution in [1.29, 1.82) is 0 Å². The fraction of sp³-hybridized carbons (Fsp3) is 0.417. The van der Waals surface area contributed by atoms with Gasteiger partial charge in [0, 0.05) is 16.0 Å². The van der Waals surface area contributed by atoms with E-state index in [1.807, 2.05) is 32.0 Å². The molecule has 17 heavy (non-hydrogen) atoms. The van der Waals surface area contributed by atoms with Gasteiger partial charge in [-0.05, 0) is 47.3 Å². The molecule has 1 aromatic rings. The molecule has 1 rings (SSSR count). The number of rotatable bonds is 5. The second-order valence-corrected chi connectivity index (χ2v) is 5.47. The van der Waals surface area contributed by atoms with Crippen LogP contribution in [0.3, 0.4) is 0 Å². The number of hydrogen-bond donors (Lipinski definition) is 2. The maximum absolute atomic E-state index is 11.8. The van der Waals surface area contributed by atoms with Gasteiger partial charge in [-0.2, -0.15) is 0 Å². The highest BCUT2D eigenvalue weighted by Crippen LogP contribution is 2.24. The number of nitrogens with one attached hydrogen (secondary N) is 2. The number of halogens is 2. The zero-order valence-corrected chi connectivity index (χ0v) is 12.8. The van der Waals surface area contributed by atoms with Gasteiger partial charge in [-0.25, -0.2) is 0 Å². The lowest BCUT2D eigenvalue weighted by Crippen LogP contribution is -2.30. The first-order valence-corrected chi connectivity index (χ1v) is 6.97. The Bertz CT molecular complexity index is 398. The predicted molar refractivity (Wildman–Crippen MR) is 80.5 cm³/mol. The molecule has 0 heterocycles. The van der Waals surface area contributed by atoms with Crippen LogP contribution in [0.25, 0.3) is 0 Å². The Hall–Kier alpha value is -0.330. The Balaban J connectivity index is 2.61. The molecule has 1 atom stereocenters. The molecule has 0 aliphatic rings. The highest BCUT2D eigenvalue weighted by Gasteiger charge is 2.13. The predicted octanol–water partition coefficient (Wildman–Crippen LogP) is 3.13. The maximum Gasteiger partial charge on any atom is 0.228 e. The number of anilines is 1. The number of carbonyl (C=O) groups excluding carboxylic acids is 1. The van der Waals surface area contributed by atoms with Crippen molar-refractivity contribution in [3.8, 4) is 0 Å². The minimum absolute atomic E-state index is 0.0194. The van der Waals surface area contributed by atoms with E-state index in [2.05, 4.69) is 33.2 Å². The summed E-state index contributed by atoms with van der Waals surface area (Å²) in [4.78, 5) is 11.8. The Labute approximate surface area is 120 Å². The van der Waals surface area contributed by atoms with Crippen LogP contribution in [0, 0.1) is 9.49 Å². The molecule has 2 N–H and O–H groups in total. The molecule has 0 fully saturated rings. The molecule has 0 aromatic heterocycles. The molecule has 0 aliphatic carbocycles. The van der Waals surface area contributed by atoms with Crippen LogP contribution < -0.4 is 10.6 Å². The van der Waals surface area contributed by atoms with Crippen molar-refractivity contribution in [3.05, 3.63) is 26.8 Å². The van der Waals surface area contributed by atoms with E-state index in [1.54, 1.807) is 0 Å². The standard InChI is InChI=1S/C12H16ClIN2O/c1-3-15-7-8(2)12(17)16-11-5-4-9(14)6-10(11)13/h4-6,8,15H,3,7H2,1-2H3,(H,16,17). The van der Waals surface area contributed by atoms with Crippen LogP contribution in [-0.4, -0.2) is 19.0 Å². The number of amides is 1. The van der Waals surface area contributed by atoms with E-state index in [-0.39, 0.29) is 11.8 Å². The minimum Gasteiger partial charge on any atom is -0.324 e. The Kier molecular flexibility index (Phi) is 6.22. The molecule has 0 spiro atoms. The summed E-state index contributed by atoms with van der Waals surface area (Å²) in [5, 5.41) is 6.55. The second-order valence-electron chi connectivity index (χ2n) is 3.82. The molecule has 1 unspecified atom stereocenters. The zero-order chi connectivity index (χ0) is 12.8. The summed E-state index contributed by atoms with van der Waals surface area (Å²) < 4.78 is 1.05. The number of carbonyl (C=O) groups is 1. The van der Waals surface area contributed by atoms with Crippen molar-refractivity contribution in [2.24, 2.45) is 5.92 Å². The molecule has 5 heteroatoms. The van der Waals surface area contributed by atoms with Crippen molar-refractivity contribution in [1.82, 2.24) is 5.32 Å². The number of benzene rings is 1. The lowest BCUT2D eigenvalue weighted by atomic mass is 10.1. The van der Waals surface area contributed by atoms with Gasteiger partial charge in [0.2, 0.25) is 5.91 Å². The fourth-order valence-electron chi connectivity index (χ4n) is 1.30. The molecule has 0 aliphatic heterocycles. The summed E-state index contributed by atoms with van der Waals surface area (Å²) in [6.45, 7) is 5.44. The van der Waals surface area contributed by atoms with Gasteiger partial charge in [-0.3, -0.25) is 4.79 Å². The molecule has 0 saturated heterocycles. The third-order valence-corrected chi connectivity index (χ3v) is 3.32. The summed E-state index contributed by atoms with van der Waals surface area (Å²) in [5.41, 5.74) is 0.667. The Morgan fingerprint density at radius 2 is 2.24 bits per heavy atom. The van der Waals surface area contributed by atoms with Crippen molar-refractivity contribution in [3.63, 3.8) is 0 Å². The molecular weight excluding hydrogens is 351 g/mol. The third-order valence-electron chi connectivity index (χ3n) is 2.34. The van der Waals surface area contributed by atoms with E-state index < -0.39 is 0 Å². The number of hydrogen-bond acceptors (Lipinski definition) is 2. The fourth-order valence-corrected chi connectivity index (χ4v) is 2.20. The summed E-state index contributed by atoms with van der Waals surface area (Å²) in [6.07, 6.45) is 0. The average molecular weight is 367 g/mol. The van der Waals surface area contributed by atoms with Crippen molar-refractivity contribution in [2.45, 2.75) is 13.8 Å². The van der Waals surface area contributed by atoms with Crippen LogP contribution >= 0.6 is 34.2 Å². The van der Waals surface area contributed by atoms with Gasteiger partial charge in [0.05, 0.1) is 10.7 Å². The van der Waals surface area contributed by atoms with Crippen LogP contribution in [0.4, 0.5) is 5.69 Å². The van der Waals surface area contributed by atoms with Gasteiger partial charge >= 0.3 is 0 Å². The van der Waals surface area contributed by atoms with E-state index in [9.17, 15) is 4.79 Å². The van der Waals surface area contributed by atoms with Crippen LogP contribution in [0.1, 0.15) is 13.8 Å². The summed E-state index contributed by atoms with van der Waals surface area (Å²) >= 11 is 8.23. The first-order valence-electron chi connectivity index (χ1n) is 5.51. The molecule has 94 valence electrons. The van der Waals surface area contributed by atoms with Crippen LogP contribution in [0.15, 0.2) is 18.2 Å². The first-order chi connectivity index (χ1) is 8.04. The smallest absolute Gasteiger partial charge is 0.228 e. The molecular formula is C12H16ClIN2O.